The molecule has 0 bridgehead atoms. The van der Waals surface area contributed by atoms with Crippen molar-refractivity contribution < 1.29 is 13.2 Å². The summed E-state index contributed by atoms with van der Waals surface area (Å²) in [5, 5.41) is 2.58. The fourth-order valence-corrected chi connectivity index (χ4v) is 1.74. The maximum absolute atomic E-state index is 12.8. The van der Waals surface area contributed by atoms with Gasteiger partial charge in [0.05, 0.1) is 0 Å². The molecule has 0 spiro atoms. The van der Waals surface area contributed by atoms with Crippen LogP contribution in [0.5, 0.6) is 0 Å². The number of nitrogens with one attached hydrogen (secondary N) is 1. The standard InChI is InChI=1S/C13H21F3N4/c1-5-9(3)8-20(6-2)11-7-10(13(14,15)16)18-12(17-4)19-11/h7,9H,5-6,8H2,1-4H3,(H,17,18,19). The molecule has 0 fully saturated rings. The zero-order valence-electron chi connectivity index (χ0n) is 12.3. The summed E-state index contributed by atoms with van der Waals surface area (Å²) >= 11 is 0. The minimum absolute atomic E-state index is 0.0163. The summed E-state index contributed by atoms with van der Waals surface area (Å²) in [6.45, 7) is 7.29. The Labute approximate surface area is 117 Å². The first-order chi connectivity index (χ1) is 9.31. The first kappa shape index (κ1) is 16.5. The van der Waals surface area contributed by atoms with Crippen LogP contribution in [0.1, 0.15) is 32.9 Å². The lowest BCUT2D eigenvalue weighted by Crippen LogP contribution is -2.29. The number of hydrogen-bond acceptors (Lipinski definition) is 4. The summed E-state index contributed by atoms with van der Waals surface area (Å²) in [7, 11) is 1.50. The molecule has 1 N–H and O–H groups in total. The molecule has 1 rings (SSSR count). The van der Waals surface area contributed by atoms with Crippen molar-refractivity contribution in [1.29, 1.82) is 0 Å². The Morgan fingerprint density at radius 1 is 1.30 bits per heavy atom. The van der Waals surface area contributed by atoms with E-state index < -0.39 is 11.9 Å². The van der Waals surface area contributed by atoms with Gasteiger partial charge in [-0.15, -0.1) is 0 Å². The zero-order chi connectivity index (χ0) is 15.3. The second kappa shape index (κ2) is 6.76. The van der Waals surface area contributed by atoms with E-state index in [1.165, 1.54) is 7.05 Å². The van der Waals surface area contributed by atoms with E-state index in [4.69, 9.17) is 0 Å². The van der Waals surface area contributed by atoms with Crippen molar-refractivity contribution in [2.45, 2.75) is 33.4 Å². The minimum atomic E-state index is -4.47. The third-order valence-corrected chi connectivity index (χ3v) is 3.16. The van der Waals surface area contributed by atoms with Crippen molar-refractivity contribution >= 4 is 11.8 Å². The van der Waals surface area contributed by atoms with Crippen molar-refractivity contribution in [2.75, 3.05) is 30.4 Å². The van der Waals surface area contributed by atoms with Gasteiger partial charge in [-0.2, -0.15) is 18.2 Å². The highest BCUT2D eigenvalue weighted by atomic mass is 19.4. The Kier molecular flexibility index (Phi) is 5.59. The van der Waals surface area contributed by atoms with Gasteiger partial charge in [-0.25, -0.2) is 4.98 Å². The third-order valence-electron chi connectivity index (χ3n) is 3.16. The largest absolute Gasteiger partial charge is 0.433 e. The van der Waals surface area contributed by atoms with Crippen LogP contribution in [0.3, 0.4) is 0 Å². The van der Waals surface area contributed by atoms with Crippen LogP contribution >= 0.6 is 0 Å². The number of hydrogen-bond donors (Lipinski definition) is 1. The molecule has 0 aliphatic heterocycles. The predicted octanol–water partition coefficient (Wildman–Crippen LogP) is 3.41. The number of alkyl halides is 3. The number of nitrogens with zero attached hydrogens (tertiary/aromatic N) is 3. The lowest BCUT2D eigenvalue weighted by molar-refractivity contribution is -0.141. The number of halogens is 3. The highest BCUT2D eigenvalue weighted by Crippen LogP contribution is 2.30. The van der Waals surface area contributed by atoms with Gasteiger partial charge >= 0.3 is 6.18 Å². The molecule has 0 amide bonds. The van der Waals surface area contributed by atoms with Crippen LogP contribution < -0.4 is 10.2 Å². The van der Waals surface area contributed by atoms with Crippen LogP contribution in [-0.2, 0) is 6.18 Å². The van der Waals surface area contributed by atoms with E-state index in [2.05, 4.69) is 29.1 Å². The molecule has 20 heavy (non-hydrogen) atoms. The van der Waals surface area contributed by atoms with E-state index in [1.54, 1.807) is 0 Å². The van der Waals surface area contributed by atoms with Gasteiger partial charge in [0.2, 0.25) is 5.95 Å². The van der Waals surface area contributed by atoms with Crippen LogP contribution in [0.15, 0.2) is 6.07 Å². The van der Waals surface area contributed by atoms with Crippen molar-refractivity contribution in [3.05, 3.63) is 11.8 Å². The van der Waals surface area contributed by atoms with Crippen LogP contribution in [0.2, 0.25) is 0 Å². The van der Waals surface area contributed by atoms with Gasteiger partial charge in [-0.1, -0.05) is 20.3 Å². The first-order valence-corrected chi connectivity index (χ1v) is 6.70. The van der Waals surface area contributed by atoms with Gasteiger partial charge in [-0.3, -0.25) is 0 Å². The molecule has 0 aliphatic rings. The fraction of sp³-hybridized carbons (Fsp3) is 0.692. The molecule has 7 heteroatoms. The lowest BCUT2D eigenvalue weighted by atomic mass is 10.1. The molecule has 0 aliphatic carbocycles. The van der Waals surface area contributed by atoms with Crippen molar-refractivity contribution in [3.63, 3.8) is 0 Å². The molecule has 0 aromatic carbocycles. The first-order valence-electron chi connectivity index (χ1n) is 6.70. The molecule has 1 heterocycles. The topological polar surface area (TPSA) is 41.1 Å². The zero-order valence-corrected chi connectivity index (χ0v) is 12.3. The Bertz CT molecular complexity index is 434. The van der Waals surface area contributed by atoms with E-state index in [-0.39, 0.29) is 5.95 Å². The van der Waals surface area contributed by atoms with Crippen molar-refractivity contribution in [1.82, 2.24) is 9.97 Å². The molecule has 1 aromatic heterocycles. The van der Waals surface area contributed by atoms with Gasteiger partial charge in [-0.05, 0) is 12.8 Å². The average molecular weight is 290 g/mol. The number of aromatic nitrogens is 2. The van der Waals surface area contributed by atoms with Crippen molar-refractivity contribution in [2.24, 2.45) is 5.92 Å². The Morgan fingerprint density at radius 3 is 2.40 bits per heavy atom. The average Bonchev–Trinajstić information content (AvgIpc) is 2.42. The van der Waals surface area contributed by atoms with E-state index >= 15 is 0 Å². The number of anilines is 2. The van der Waals surface area contributed by atoms with E-state index in [9.17, 15) is 13.2 Å². The maximum atomic E-state index is 12.8. The summed E-state index contributed by atoms with van der Waals surface area (Å²) in [5.41, 5.74) is -0.922. The Balaban J connectivity index is 3.14. The molecule has 114 valence electrons. The van der Waals surface area contributed by atoms with E-state index in [1.807, 2.05) is 11.8 Å². The summed E-state index contributed by atoms with van der Waals surface area (Å²) in [6.07, 6.45) is -3.51. The van der Waals surface area contributed by atoms with Crippen LogP contribution in [0, 0.1) is 5.92 Å². The molecular weight excluding hydrogens is 269 g/mol. The SMILES string of the molecule is CCC(C)CN(CC)c1cc(C(F)(F)F)nc(NC)n1. The van der Waals surface area contributed by atoms with Gasteiger partial charge < -0.3 is 10.2 Å². The van der Waals surface area contributed by atoms with Gasteiger partial charge in [0.15, 0.2) is 5.69 Å². The van der Waals surface area contributed by atoms with Crippen LogP contribution in [0.25, 0.3) is 0 Å². The maximum Gasteiger partial charge on any atom is 0.433 e. The number of rotatable bonds is 6. The Morgan fingerprint density at radius 2 is 1.95 bits per heavy atom. The highest BCUT2D eigenvalue weighted by molar-refractivity contribution is 5.45. The third kappa shape index (κ3) is 4.25. The van der Waals surface area contributed by atoms with Crippen LogP contribution in [0.4, 0.5) is 24.9 Å². The molecule has 0 radical (unpaired) electrons. The van der Waals surface area contributed by atoms with E-state index in [0.29, 0.717) is 24.8 Å². The Hall–Kier alpha value is -1.53. The molecule has 4 nitrogen and oxygen atoms in total. The smallest absolute Gasteiger partial charge is 0.357 e. The van der Waals surface area contributed by atoms with Gasteiger partial charge in [0.25, 0.3) is 0 Å². The fourth-order valence-electron chi connectivity index (χ4n) is 1.74. The molecule has 1 aromatic rings. The highest BCUT2D eigenvalue weighted by Gasteiger charge is 2.34. The summed E-state index contributed by atoms with van der Waals surface area (Å²) in [6, 6.07) is 1.01. The lowest BCUT2D eigenvalue weighted by Gasteiger charge is -2.26. The molecule has 1 atom stereocenters. The molecule has 0 saturated carbocycles. The second-order valence-corrected chi connectivity index (χ2v) is 4.73. The normalized spacial score (nSPS) is 13.2. The van der Waals surface area contributed by atoms with Crippen LogP contribution in [-0.4, -0.2) is 30.1 Å². The summed E-state index contributed by atoms with van der Waals surface area (Å²) in [5.74, 6) is 0.675. The molecule has 1 unspecified atom stereocenters. The molecular formula is C13H21F3N4. The monoisotopic (exact) mass is 290 g/mol. The minimum Gasteiger partial charge on any atom is -0.357 e. The quantitative estimate of drug-likeness (QED) is 0.871. The van der Waals surface area contributed by atoms with Crippen molar-refractivity contribution in [3.8, 4) is 0 Å². The van der Waals surface area contributed by atoms with Gasteiger partial charge in [0, 0.05) is 26.2 Å². The summed E-state index contributed by atoms with van der Waals surface area (Å²) in [4.78, 5) is 9.43. The summed E-state index contributed by atoms with van der Waals surface area (Å²) < 4.78 is 38.5. The van der Waals surface area contributed by atoms with Gasteiger partial charge in [0.1, 0.15) is 5.82 Å². The van der Waals surface area contributed by atoms with E-state index in [0.717, 1.165) is 12.5 Å². The molecule has 0 saturated heterocycles. The second-order valence-electron chi connectivity index (χ2n) is 4.73. The predicted molar refractivity (Wildman–Crippen MR) is 73.9 cm³/mol.